The van der Waals surface area contributed by atoms with E-state index in [9.17, 15) is 4.79 Å². The maximum Gasteiger partial charge on any atom is 0.316 e. The summed E-state index contributed by atoms with van der Waals surface area (Å²) in [5.41, 5.74) is -0.511. The van der Waals surface area contributed by atoms with Gasteiger partial charge < -0.3 is 9.47 Å². The molecule has 0 fully saturated rings. The van der Waals surface area contributed by atoms with Gasteiger partial charge in [-0.15, -0.1) is 0 Å². The Labute approximate surface area is 113 Å². The molecule has 0 atom stereocenters. The van der Waals surface area contributed by atoms with Gasteiger partial charge in [0, 0.05) is 0 Å². The van der Waals surface area contributed by atoms with E-state index in [1.165, 1.54) is 0 Å². The third-order valence-electron chi connectivity index (χ3n) is 2.84. The molecule has 2 aromatic carbocycles. The fourth-order valence-electron chi connectivity index (χ4n) is 1.65. The molecule has 19 heavy (non-hydrogen) atoms. The van der Waals surface area contributed by atoms with Crippen molar-refractivity contribution in [1.82, 2.24) is 0 Å². The van der Waals surface area contributed by atoms with Crippen LogP contribution in [0.3, 0.4) is 0 Å². The molecular formula is C16H18O3. The van der Waals surface area contributed by atoms with E-state index in [2.05, 4.69) is 0 Å². The molecule has 2 rings (SSSR count). The van der Waals surface area contributed by atoms with E-state index in [0.29, 0.717) is 5.75 Å². The lowest BCUT2D eigenvalue weighted by atomic mass is 9.97. The van der Waals surface area contributed by atoms with Gasteiger partial charge in [0.1, 0.15) is 11.5 Å². The average molecular weight is 258 g/mol. The summed E-state index contributed by atoms with van der Waals surface area (Å²) in [5.74, 6) is 1.10. The molecule has 3 heteroatoms. The number of fused-ring (bicyclic) bond motifs is 1. The van der Waals surface area contributed by atoms with Crippen LogP contribution in [0.15, 0.2) is 36.4 Å². The van der Waals surface area contributed by atoms with E-state index in [1.807, 2.05) is 51.1 Å². The monoisotopic (exact) mass is 258 g/mol. The third kappa shape index (κ3) is 3.05. The molecule has 0 aliphatic carbocycles. The predicted octanol–water partition coefficient (Wildman–Crippen LogP) is 3.80. The molecule has 0 saturated carbocycles. The van der Waals surface area contributed by atoms with Gasteiger partial charge >= 0.3 is 5.97 Å². The van der Waals surface area contributed by atoms with Crippen LogP contribution >= 0.6 is 0 Å². The lowest BCUT2D eigenvalue weighted by Gasteiger charge is -2.16. The number of carbonyl (C=O) groups excluding carboxylic acids is 1. The van der Waals surface area contributed by atoms with Crippen LogP contribution in [-0.4, -0.2) is 13.1 Å². The summed E-state index contributed by atoms with van der Waals surface area (Å²) in [6.45, 7) is 5.50. The van der Waals surface area contributed by atoms with Gasteiger partial charge in [0.05, 0.1) is 12.5 Å². The number of benzene rings is 2. The number of hydrogen-bond donors (Lipinski definition) is 0. The van der Waals surface area contributed by atoms with Crippen molar-refractivity contribution < 1.29 is 14.3 Å². The number of rotatable bonds is 2. The Morgan fingerprint density at radius 1 is 0.947 bits per heavy atom. The van der Waals surface area contributed by atoms with Crippen LogP contribution < -0.4 is 9.47 Å². The number of ether oxygens (including phenoxy) is 2. The van der Waals surface area contributed by atoms with Gasteiger partial charge in [-0.3, -0.25) is 4.79 Å². The second kappa shape index (κ2) is 4.92. The van der Waals surface area contributed by atoms with E-state index < -0.39 is 5.41 Å². The van der Waals surface area contributed by atoms with Gasteiger partial charge in [-0.25, -0.2) is 0 Å². The molecule has 2 aromatic rings. The first-order valence-corrected chi connectivity index (χ1v) is 6.20. The summed E-state index contributed by atoms with van der Waals surface area (Å²) >= 11 is 0. The Hall–Kier alpha value is -2.03. The molecule has 3 nitrogen and oxygen atoms in total. The van der Waals surface area contributed by atoms with Crippen molar-refractivity contribution in [3.05, 3.63) is 36.4 Å². The van der Waals surface area contributed by atoms with Crippen molar-refractivity contribution >= 4 is 16.7 Å². The molecule has 0 saturated heterocycles. The highest BCUT2D eigenvalue weighted by Gasteiger charge is 2.23. The summed E-state index contributed by atoms with van der Waals surface area (Å²) in [6.07, 6.45) is 0. The minimum atomic E-state index is -0.511. The summed E-state index contributed by atoms with van der Waals surface area (Å²) in [5, 5.41) is 2.06. The van der Waals surface area contributed by atoms with E-state index in [1.54, 1.807) is 13.2 Å². The van der Waals surface area contributed by atoms with Gasteiger partial charge in [0.25, 0.3) is 0 Å². The van der Waals surface area contributed by atoms with E-state index in [0.717, 1.165) is 16.5 Å². The topological polar surface area (TPSA) is 35.5 Å². The summed E-state index contributed by atoms with van der Waals surface area (Å²) in [4.78, 5) is 11.8. The standard InChI is InChI=1S/C16H18O3/c1-16(2,3)15(17)19-14-8-6-11-5-7-13(18-4)9-12(11)10-14/h5-10H,1-4H3. The lowest BCUT2D eigenvalue weighted by molar-refractivity contribution is -0.142. The summed E-state index contributed by atoms with van der Waals surface area (Å²) < 4.78 is 10.6. The molecule has 0 N–H and O–H groups in total. The van der Waals surface area contributed by atoms with Crippen molar-refractivity contribution in [2.24, 2.45) is 5.41 Å². The first kappa shape index (κ1) is 13.4. The quantitative estimate of drug-likeness (QED) is 0.607. The van der Waals surface area contributed by atoms with Crippen molar-refractivity contribution in [3.8, 4) is 11.5 Å². The van der Waals surface area contributed by atoms with Crippen molar-refractivity contribution in [1.29, 1.82) is 0 Å². The molecule has 0 heterocycles. The Kier molecular flexibility index (Phi) is 3.47. The van der Waals surface area contributed by atoms with Gasteiger partial charge in [-0.1, -0.05) is 12.1 Å². The second-order valence-electron chi connectivity index (χ2n) is 5.51. The largest absolute Gasteiger partial charge is 0.497 e. The Balaban J connectivity index is 2.33. The summed E-state index contributed by atoms with van der Waals surface area (Å²) in [7, 11) is 1.63. The molecule has 0 aliphatic rings. The molecular weight excluding hydrogens is 240 g/mol. The van der Waals surface area contributed by atoms with Crippen LogP contribution in [0.4, 0.5) is 0 Å². The maximum absolute atomic E-state index is 11.8. The Morgan fingerprint density at radius 2 is 1.53 bits per heavy atom. The molecule has 0 aliphatic heterocycles. The smallest absolute Gasteiger partial charge is 0.316 e. The highest BCUT2D eigenvalue weighted by atomic mass is 16.5. The zero-order valence-corrected chi connectivity index (χ0v) is 11.7. The van der Waals surface area contributed by atoms with Crippen LogP contribution in [0.1, 0.15) is 20.8 Å². The minimum Gasteiger partial charge on any atom is -0.497 e. The first-order chi connectivity index (χ1) is 8.90. The number of carbonyl (C=O) groups is 1. The van der Waals surface area contributed by atoms with Gasteiger partial charge in [-0.2, -0.15) is 0 Å². The zero-order chi connectivity index (χ0) is 14.0. The van der Waals surface area contributed by atoms with Crippen LogP contribution in [0.5, 0.6) is 11.5 Å². The van der Waals surface area contributed by atoms with E-state index in [4.69, 9.17) is 9.47 Å². The van der Waals surface area contributed by atoms with Crippen LogP contribution in [0, 0.1) is 5.41 Å². The van der Waals surface area contributed by atoms with Gasteiger partial charge in [0.2, 0.25) is 0 Å². The van der Waals surface area contributed by atoms with Crippen LogP contribution in [-0.2, 0) is 4.79 Å². The predicted molar refractivity (Wildman–Crippen MR) is 75.6 cm³/mol. The fourth-order valence-corrected chi connectivity index (χ4v) is 1.65. The zero-order valence-electron chi connectivity index (χ0n) is 11.7. The Morgan fingerprint density at radius 3 is 2.11 bits per heavy atom. The molecule has 0 unspecified atom stereocenters. The molecule has 0 amide bonds. The van der Waals surface area contributed by atoms with Crippen LogP contribution in [0.25, 0.3) is 10.8 Å². The second-order valence-corrected chi connectivity index (χ2v) is 5.51. The van der Waals surface area contributed by atoms with Crippen LogP contribution in [0.2, 0.25) is 0 Å². The highest BCUT2D eigenvalue weighted by Crippen LogP contribution is 2.26. The number of methoxy groups -OCH3 is 1. The number of esters is 1. The molecule has 0 radical (unpaired) electrons. The summed E-state index contributed by atoms with van der Waals surface area (Å²) in [6, 6.07) is 11.4. The molecule has 0 aromatic heterocycles. The molecule has 100 valence electrons. The van der Waals surface area contributed by atoms with E-state index >= 15 is 0 Å². The minimum absolute atomic E-state index is 0.241. The molecule has 0 bridgehead atoms. The third-order valence-corrected chi connectivity index (χ3v) is 2.84. The van der Waals surface area contributed by atoms with Gasteiger partial charge in [-0.05, 0) is 55.8 Å². The van der Waals surface area contributed by atoms with E-state index in [-0.39, 0.29) is 5.97 Å². The lowest BCUT2D eigenvalue weighted by Crippen LogP contribution is -2.25. The van der Waals surface area contributed by atoms with Gasteiger partial charge in [0.15, 0.2) is 0 Å². The van der Waals surface area contributed by atoms with Crippen molar-refractivity contribution in [2.75, 3.05) is 7.11 Å². The highest BCUT2D eigenvalue weighted by molar-refractivity contribution is 5.86. The Bertz CT molecular complexity index is 609. The normalized spacial score (nSPS) is 11.4. The first-order valence-electron chi connectivity index (χ1n) is 6.20. The maximum atomic E-state index is 11.8. The van der Waals surface area contributed by atoms with Crippen molar-refractivity contribution in [3.63, 3.8) is 0 Å². The van der Waals surface area contributed by atoms with Crippen molar-refractivity contribution in [2.45, 2.75) is 20.8 Å². The SMILES string of the molecule is COc1ccc2ccc(OC(=O)C(C)(C)C)cc2c1. The average Bonchev–Trinajstić information content (AvgIpc) is 2.36. The fraction of sp³-hybridized carbons (Fsp3) is 0.312. The number of hydrogen-bond acceptors (Lipinski definition) is 3. The molecule has 0 spiro atoms.